The van der Waals surface area contributed by atoms with E-state index in [2.05, 4.69) is 10.6 Å². The van der Waals surface area contributed by atoms with E-state index in [1.54, 1.807) is 31.1 Å². The van der Waals surface area contributed by atoms with E-state index >= 15 is 0 Å². The SMILES string of the molecule is CNC(=O)c1ccc(CN(C)C(=O)CNC(=O)C23CC4CC(CC(C4)C2)C3)cc1. The molecule has 3 amide bonds. The van der Waals surface area contributed by atoms with Crippen molar-refractivity contribution in [1.29, 1.82) is 0 Å². The van der Waals surface area contributed by atoms with E-state index in [9.17, 15) is 14.4 Å². The summed E-state index contributed by atoms with van der Waals surface area (Å²) in [6, 6.07) is 7.20. The fourth-order valence-electron chi connectivity index (χ4n) is 6.13. The Labute approximate surface area is 172 Å². The third kappa shape index (κ3) is 4.02. The Morgan fingerprint density at radius 3 is 2.07 bits per heavy atom. The van der Waals surface area contributed by atoms with Crippen molar-refractivity contribution in [3.63, 3.8) is 0 Å². The van der Waals surface area contributed by atoms with Crippen molar-refractivity contribution in [2.24, 2.45) is 23.2 Å². The van der Waals surface area contributed by atoms with Gasteiger partial charge in [-0.15, -0.1) is 0 Å². The molecule has 4 aliphatic carbocycles. The Hall–Kier alpha value is -2.37. The highest BCUT2D eigenvalue weighted by Gasteiger charge is 2.54. The van der Waals surface area contributed by atoms with E-state index in [1.807, 2.05) is 12.1 Å². The molecule has 6 nitrogen and oxygen atoms in total. The molecule has 0 atom stereocenters. The molecule has 6 heteroatoms. The molecule has 0 unspecified atom stereocenters. The first-order valence-corrected chi connectivity index (χ1v) is 10.7. The first kappa shape index (κ1) is 19.9. The maximum atomic E-state index is 13.0. The fourth-order valence-corrected chi connectivity index (χ4v) is 6.13. The third-order valence-corrected chi connectivity index (χ3v) is 7.21. The van der Waals surface area contributed by atoms with Crippen molar-refractivity contribution in [2.75, 3.05) is 20.6 Å². The predicted octanol–water partition coefficient (Wildman–Crippen LogP) is 2.34. The molecule has 1 aromatic carbocycles. The summed E-state index contributed by atoms with van der Waals surface area (Å²) in [7, 11) is 3.34. The molecule has 0 heterocycles. The number of likely N-dealkylation sites (N-methyl/N-ethyl adjacent to an activating group) is 1. The van der Waals surface area contributed by atoms with E-state index in [0.29, 0.717) is 29.9 Å². The summed E-state index contributed by atoms with van der Waals surface area (Å²) in [6.45, 7) is 0.494. The first-order chi connectivity index (χ1) is 13.9. The molecule has 5 rings (SSSR count). The van der Waals surface area contributed by atoms with Crippen LogP contribution in [0.1, 0.15) is 54.4 Å². The van der Waals surface area contributed by atoms with Gasteiger partial charge in [-0.3, -0.25) is 14.4 Å². The van der Waals surface area contributed by atoms with Gasteiger partial charge in [0.2, 0.25) is 11.8 Å². The summed E-state index contributed by atoms with van der Waals surface area (Å²) in [6.07, 6.45) is 6.92. The number of nitrogens with one attached hydrogen (secondary N) is 2. The monoisotopic (exact) mass is 397 g/mol. The highest BCUT2D eigenvalue weighted by Crippen LogP contribution is 2.60. The van der Waals surface area contributed by atoms with Crippen molar-refractivity contribution in [2.45, 2.75) is 45.1 Å². The van der Waals surface area contributed by atoms with Gasteiger partial charge in [-0.1, -0.05) is 12.1 Å². The number of benzene rings is 1. The number of amides is 3. The lowest BCUT2D eigenvalue weighted by Crippen LogP contribution is -2.54. The van der Waals surface area contributed by atoms with Crippen molar-refractivity contribution in [1.82, 2.24) is 15.5 Å². The van der Waals surface area contributed by atoms with Gasteiger partial charge in [-0.05, 0) is 74.0 Å². The molecule has 4 saturated carbocycles. The zero-order chi connectivity index (χ0) is 20.6. The second-order valence-corrected chi connectivity index (χ2v) is 9.41. The highest BCUT2D eigenvalue weighted by atomic mass is 16.2. The normalized spacial score (nSPS) is 29.4. The molecule has 2 N–H and O–H groups in total. The second kappa shape index (κ2) is 7.81. The molecule has 0 aliphatic heterocycles. The van der Waals surface area contributed by atoms with Gasteiger partial charge in [0.15, 0.2) is 0 Å². The summed E-state index contributed by atoms with van der Waals surface area (Å²) in [5.74, 6) is 1.99. The van der Waals surface area contributed by atoms with Gasteiger partial charge in [0, 0.05) is 31.6 Å². The molecule has 29 heavy (non-hydrogen) atoms. The average molecular weight is 398 g/mol. The Kier molecular flexibility index (Phi) is 5.36. The standard InChI is InChI=1S/C23H31N3O3/c1-24-21(28)19-5-3-15(4-6-19)14-26(2)20(27)13-25-22(29)23-10-16-7-17(11-23)9-18(8-16)12-23/h3-6,16-18H,7-14H2,1-2H3,(H,24,28)(H,25,29). The number of nitrogens with zero attached hydrogens (tertiary/aromatic N) is 1. The highest BCUT2D eigenvalue weighted by molar-refractivity contribution is 5.94. The van der Waals surface area contributed by atoms with Crippen LogP contribution in [0, 0.1) is 23.2 Å². The van der Waals surface area contributed by atoms with Gasteiger partial charge < -0.3 is 15.5 Å². The zero-order valence-electron chi connectivity index (χ0n) is 17.4. The summed E-state index contributed by atoms with van der Waals surface area (Å²) < 4.78 is 0. The number of carbonyl (C=O) groups excluding carboxylic acids is 3. The molecule has 4 bridgehead atoms. The Morgan fingerprint density at radius 2 is 1.55 bits per heavy atom. The predicted molar refractivity (Wildman–Crippen MR) is 110 cm³/mol. The van der Waals surface area contributed by atoms with Crippen LogP contribution in [-0.4, -0.2) is 43.3 Å². The topological polar surface area (TPSA) is 78.5 Å². The summed E-state index contributed by atoms with van der Waals surface area (Å²) in [5.41, 5.74) is 1.32. The van der Waals surface area contributed by atoms with E-state index in [4.69, 9.17) is 0 Å². The third-order valence-electron chi connectivity index (χ3n) is 7.21. The number of carbonyl (C=O) groups is 3. The molecular formula is C23H31N3O3. The maximum Gasteiger partial charge on any atom is 0.251 e. The zero-order valence-corrected chi connectivity index (χ0v) is 17.4. The molecule has 156 valence electrons. The van der Waals surface area contributed by atoms with Crippen molar-refractivity contribution in [3.8, 4) is 0 Å². The quantitative estimate of drug-likeness (QED) is 0.773. The molecule has 0 aromatic heterocycles. The number of hydrogen-bond donors (Lipinski definition) is 2. The van der Waals surface area contributed by atoms with Crippen LogP contribution < -0.4 is 10.6 Å². The minimum Gasteiger partial charge on any atom is -0.355 e. The lowest BCUT2D eigenvalue weighted by molar-refractivity contribution is -0.147. The Balaban J connectivity index is 1.29. The second-order valence-electron chi connectivity index (χ2n) is 9.41. The van der Waals surface area contributed by atoms with Crippen molar-refractivity contribution >= 4 is 17.7 Å². The minimum atomic E-state index is -0.219. The van der Waals surface area contributed by atoms with Gasteiger partial charge in [-0.25, -0.2) is 0 Å². The van der Waals surface area contributed by atoms with E-state index < -0.39 is 0 Å². The summed E-state index contributed by atoms with van der Waals surface area (Å²) in [4.78, 5) is 38.8. The molecule has 4 fully saturated rings. The minimum absolute atomic E-state index is 0.0490. The van der Waals surface area contributed by atoms with E-state index in [1.165, 1.54) is 19.3 Å². The van der Waals surface area contributed by atoms with Gasteiger partial charge >= 0.3 is 0 Å². The average Bonchev–Trinajstić information content (AvgIpc) is 2.70. The van der Waals surface area contributed by atoms with Crippen LogP contribution >= 0.6 is 0 Å². The smallest absolute Gasteiger partial charge is 0.251 e. The van der Waals surface area contributed by atoms with Crippen molar-refractivity contribution in [3.05, 3.63) is 35.4 Å². The van der Waals surface area contributed by atoms with Gasteiger partial charge in [0.05, 0.1) is 6.54 Å². The van der Waals surface area contributed by atoms with Gasteiger partial charge in [0.1, 0.15) is 0 Å². The lowest BCUT2D eigenvalue weighted by atomic mass is 9.49. The molecule has 4 aliphatic rings. The van der Waals surface area contributed by atoms with Crippen LogP contribution in [0.3, 0.4) is 0 Å². The first-order valence-electron chi connectivity index (χ1n) is 10.7. The lowest BCUT2D eigenvalue weighted by Gasteiger charge is -2.55. The molecule has 0 saturated heterocycles. The van der Waals surface area contributed by atoms with E-state index in [-0.39, 0.29) is 29.7 Å². The van der Waals surface area contributed by atoms with Gasteiger partial charge in [0.25, 0.3) is 5.91 Å². The number of rotatable bonds is 6. The van der Waals surface area contributed by atoms with Crippen LogP contribution in [0.25, 0.3) is 0 Å². The van der Waals surface area contributed by atoms with E-state index in [0.717, 1.165) is 24.8 Å². The summed E-state index contributed by atoms with van der Waals surface area (Å²) >= 11 is 0. The number of hydrogen-bond acceptors (Lipinski definition) is 3. The maximum absolute atomic E-state index is 13.0. The van der Waals surface area contributed by atoms with Gasteiger partial charge in [-0.2, -0.15) is 0 Å². The fraction of sp³-hybridized carbons (Fsp3) is 0.609. The Bertz CT molecular complexity index is 767. The molecule has 1 aromatic rings. The molecular weight excluding hydrogens is 366 g/mol. The van der Waals surface area contributed by atoms with Crippen LogP contribution in [-0.2, 0) is 16.1 Å². The Morgan fingerprint density at radius 1 is 1.00 bits per heavy atom. The molecule has 0 spiro atoms. The van der Waals surface area contributed by atoms with Crippen LogP contribution in [0.5, 0.6) is 0 Å². The summed E-state index contributed by atoms with van der Waals surface area (Å²) in [5, 5.41) is 5.55. The van der Waals surface area contributed by atoms with Crippen LogP contribution in [0.15, 0.2) is 24.3 Å². The van der Waals surface area contributed by atoms with Crippen LogP contribution in [0.4, 0.5) is 0 Å². The molecule has 0 radical (unpaired) electrons. The van der Waals surface area contributed by atoms with Crippen molar-refractivity contribution < 1.29 is 14.4 Å². The van der Waals surface area contributed by atoms with Crippen LogP contribution in [0.2, 0.25) is 0 Å². The largest absolute Gasteiger partial charge is 0.355 e.